The molecule has 0 aromatic carbocycles. The van der Waals surface area contributed by atoms with Crippen molar-refractivity contribution in [2.75, 3.05) is 13.6 Å². The Balaban J connectivity index is 1.81. The van der Waals surface area contributed by atoms with Crippen molar-refractivity contribution in [2.24, 2.45) is 5.92 Å². The third-order valence-corrected chi connectivity index (χ3v) is 3.73. The number of aromatic nitrogens is 1. The largest absolute Gasteiger partial charge is 0.300 e. The van der Waals surface area contributed by atoms with Crippen molar-refractivity contribution in [3.8, 4) is 0 Å². The van der Waals surface area contributed by atoms with Crippen LogP contribution in [-0.2, 0) is 6.54 Å². The third kappa shape index (κ3) is 3.56. The van der Waals surface area contributed by atoms with Crippen LogP contribution in [0.4, 0.5) is 0 Å². The van der Waals surface area contributed by atoms with Gasteiger partial charge in [-0.1, -0.05) is 12.8 Å². The van der Waals surface area contributed by atoms with Crippen LogP contribution >= 0.6 is 15.9 Å². The Morgan fingerprint density at radius 1 is 1.38 bits per heavy atom. The van der Waals surface area contributed by atoms with E-state index < -0.39 is 0 Å². The highest BCUT2D eigenvalue weighted by Gasteiger charge is 2.16. The molecule has 2 rings (SSSR count). The van der Waals surface area contributed by atoms with E-state index in [9.17, 15) is 0 Å². The van der Waals surface area contributed by atoms with Crippen molar-refractivity contribution in [1.29, 1.82) is 0 Å². The second kappa shape index (κ2) is 5.78. The summed E-state index contributed by atoms with van der Waals surface area (Å²) in [7, 11) is 2.20. The number of halogens is 1. The van der Waals surface area contributed by atoms with Gasteiger partial charge >= 0.3 is 0 Å². The normalized spacial score (nSPS) is 17.2. The maximum absolute atomic E-state index is 4.40. The zero-order valence-electron chi connectivity index (χ0n) is 9.82. The fraction of sp³-hybridized carbons (Fsp3) is 0.615. The van der Waals surface area contributed by atoms with E-state index in [1.165, 1.54) is 32.2 Å². The van der Waals surface area contributed by atoms with E-state index >= 15 is 0 Å². The second-order valence-electron chi connectivity index (χ2n) is 4.81. The minimum Gasteiger partial charge on any atom is -0.300 e. The van der Waals surface area contributed by atoms with Crippen LogP contribution < -0.4 is 0 Å². The van der Waals surface area contributed by atoms with E-state index in [0.717, 1.165) is 22.6 Å². The van der Waals surface area contributed by atoms with Gasteiger partial charge in [0, 0.05) is 23.8 Å². The van der Waals surface area contributed by atoms with Gasteiger partial charge < -0.3 is 4.90 Å². The zero-order valence-corrected chi connectivity index (χ0v) is 11.4. The van der Waals surface area contributed by atoms with Crippen LogP contribution in [0.3, 0.4) is 0 Å². The number of pyridine rings is 1. The maximum atomic E-state index is 4.40. The summed E-state index contributed by atoms with van der Waals surface area (Å²) in [4.78, 5) is 6.80. The predicted octanol–water partition coefficient (Wildman–Crippen LogP) is 3.47. The molecule has 1 aliphatic rings. The molecule has 88 valence electrons. The molecule has 0 saturated heterocycles. The topological polar surface area (TPSA) is 16.1 Å². The molecule has 3 heteroatoms. The number of rotatable bonds is 4. The van der Waals surface area contributed by atoms with E-state index in [0.29, 0.717) is 0 Å². The Bertz CT molecular complexity index is 317. The van der Waals surface area contributed by atoms with Gasteiger partial charge in [-0.05, 0) is 53.9 Å². The lowest BCUT2D eigenvalue weighted by Crippen LogP contribution is -2.24. The average molecular weight is 283 g/mol. The zero-order chi connectivity index (χ0) is 11.4. The van der Waals surface area contributed by atoms with E-state index in [2.05, 4.69) is 45.0 Å². The van der Waals surface area contributed by atoms with Gasteiger partial charge in [0.05, 0.1) is 5.69 Å². The monoisotopic (exact) mass is 282 g/mol. The number of hydrogen-bond donors (Lipinski definition) is 0. The van der Waals surface area contributed by atoms with E-state index in [1.807, 2.05) is 6.20 Å². The molecule has 0 unspecified atom stereocenters. The average Bonchev–Trinajstić information content (AvgIpc) is 2.74. The quantitative estimate of drug-likeness (QED) is 0.841. The number of nitrogens with zero attached hydrogens (tertiary/aromatic N) is 2. The van der Waals surface area contributed by atoms with Crippen molar-refractivity contribution in [2.45, 2.75) is 32.2 Å². The summed E-state index contributed by atoms with van der Waals surface area (Å²) in [5.74, 6) is 0.917. The molecular weight excluding hydrogens is 264 g/mol. The molecule has 2 nitrogen and oxygen atoms in total. The van der Waals surface area contributed by atoms with E-state index in [1.54, 1.807) is 0 Å². The van der Waals surface area contributed by atoms with Crippen molar-refractivity contribution in [1.82, 2.24) is 9.88 Å². The number of hydrogen-bond acceptors (Lipinski definition) is 2. The van der Waals surface area contributed by atoms with Crippen LogP contribution in [0.25, 0.3) is 0 Å². The molecule has 16 heavy (non-hydrogen) atoms. The Morgan fingerprint density at radius 3 is 2.75 bits per heavy atom. The van der Waals surface area contributed by atoms with Gasteiger partial charge in [0.25, 0.3) is 0 Å². The smallest absolute Gasteiger partial charge is 0.0544 e. The molecular formula is C13H19BrN2. The summed E-state index contributed by atoms with van der Waals surface area (Å²) in [6.45, 7) is 2.18. The van der Waals surface area contributed by atoms with Gasteiger partial charge in [-0.25, -0.2) is 0 Å². The maximum Gasteiger partial charge on any atom is 0.0544 e. The van der Waals surface area contributed by atoms with Crippen LogP contribution in [0, 0.1) is 5.92 Å². The highest BCUT2D eigenvalue weighted by molar-refractivity contribution is 9.10. The minimum atomic E-state index is 0.917. The van der Waals surface area contributed by atoms with Crippen LogP contribution in [0.1, 0.15) is 31.4 Å². The van der Waals surface area contributed by atoms with Gasteiger partial charge in [-0.15, -0.1) is 0 Å². The molecule has 1 aromatic rings. The minimum absolute atomic E-state index is 0.917. The molecule has 1 heterocycles. The van der Waals surface area contributed by atoms with Crippen LogP contribution in [0.15, 0.2) is 22.8 Å². The highest BCUT2D eigenvalue weighted by Crippen LogP contribution is 2.25. The van der Waals surface area contributed by atoms with Crippen molar-refractivity contribution in [3.05, 3.63) is 28.5 Å². The molecule has 0 aliphatic heterocycles. The lowest BCUT2D eigenvalue weighted by molar-refractivity contribution is 0.268. The molecule has 1 saturated carbocycles. The summed E-state index contributed by atoms with van der Waals surface area (Å²) in [5.41, 5.74) is 1.16. The standard InChI is InChI=1S/C13H19BrN2/c1-16(9-11-4-2-3-5-11)10-13-7-6-12(14)8-15-13/h6-8,11H,2-5,9-10H2,1H3. The molecule has 1 aliphatic carbocycles. The first kappa shape index (κ1) is 12.1. The predicted molar refractivity (Wildman–Crippen MR) is 70.2 cm³/mol. The summed E-state index contributed by atoms with van der Waals surface area (Å²) in [6.07, 6.45) is 7.55. The van der Waals surface area contributed by atoms with E-state index in [4.69, 9.17) is 0 Å². The van der Waals surface area contributed by atoms with Crippen molar-refractivity contribution >= 4 is 15.9 Å². The lowest BCUT2D eigenvalue weighted by Gasteiger charge is -2.20. The third-order valence-electron chi connectivity index (χ3n) is 3.27. The highest BCUT2D eigenvalue weighted by atomic mass is 79.9. The first-order valence-corrected chi connectivity index (χ1v) is 6.82. The van der Waals surface area contributed by atoms with Crippen molar-refractivity contribution < 1.29 is 0 Å². The first-order valence-electron chi connectivity index (χ1n) is 6.03. The molecule has 1 fully saturated rings. The molecule has 1 aromatic heterocycles. The van der Waals surface area contributed by atoms with Crippen LogP contribution in [0.2, 0.25) is 0 Å². The Kier molecular flexibility index (Phi) is 4.36. The Labute approximate surface area is 106 Å². The van der Waals surface area contributed by atoms with Gasteiger partial charge in [0.15, 0.2) is 0 Å². The SMILES string of the molecule is CN(Cc1ccc(Br)cn1)CC1CCCC1. The second-order valence-corrected chi connectivity index (χ2v) is 5.73. The van der Waals surface area contributed by atoms with Gasteiger partial charge in [0.2, 0.25) is 0 Å². The van der Waals surface area contributed by atoms with Gasteiger partial charge in [-0.3, -0.25) is 4.98 Å². The van der Waals surface area contributed by atoms with Crippen LogP contribution in [0.5, 0.6) is 0 Å². The van der Waals surface area contributed by atoms with Gasteiger partial charge in [0.1, 0.15) is 0 Å². The Morgan fingerprint density at radius 2 is 2.12 bits per heavy atom. The summed E-state index contributed by atoms with van der Waals surface area (Å²) in [5, 5.41) is 0. The lowest BCUT2D eigenvalue weighted by atomic mass is 10.1. The molecule has 0 atom stereocenters. The summed E-state index contributed by atoms with van der Waals surface area (Å²) < 4.78 is 1.05. The molecule has 0 amide bonds. The summed E-state index contributed by atoms with van der Waals surface area (Å²) in [6, 6.07) is 4.15. The van der Waals surface area contributed by atoms with Crippen molar-refractivity contribution in [3.63, 3.8) is 0 Å². The molecule has 0 N–H and O–H groups in total. The first-order chi connectivity index (χ1) is 7.74. The van der Waals surface area contributed by atoms with E-state index in [-0.39, 0.29) is 0 Å². The van der Waals surface area contributed by atoms with Crippen LogP contribution in [-0.4, -0.2) is 23.5 Å². The molecule has 0 spiro atoms. The fourth-order valence-corrected chi connectivity index (χ4v) is 2.71. The Hall–Kier alpha value is -0.410. The van der Waals surface area contributed by atoms with Gasteiger partial charge in [-0.2, -0.15) is 0 Å². The fourth-order valence-electron chi connectivity index (χ4n) is 2.47. The molecule has 0 bridgehead atoms. The summed E-state index contributed by atoms with van der Waals surface area (Å²) >= 11 is 3.41. The molecule has 0 radical (unpaired) electrons.